The minimum Gasteiger partial charge on any atom is -0.497 e. The van der Waals surface area contributed by atoms with Gasteiger partial charge in [-0.3, -0.25) is 9.78 Å². The molecule has 1 N–H and O–H groups in total. The van der Waals surface area contributed by atoms with Crippen LogP contribution in [0.4, 0.5) is 5.69 Å². The van der Waals surface area contributed by atoms with Crippen LogP contribution in [0.1, 0.15) is 30.1 Å². The van der Waals surface area contributed by atoms with Gasteiger partial charge in [0, 0.05) is 17.5 Å². The molecule has 0 saturated heterocycles. The second-order valence-corrected chi connectivity index (χ2v) is 5.93. The van der Waals surface area contributed by atoms with Gasteiger partial charge in [-0.15, -0.1) is 0 Å². The second-order valence-electron chi connectivity index (χ2n) is 5.93. The highest BCUT2D eigenvalue weighted by Gasteiger charge is 2.28. The molecule has 122 valence electrons. The largest absolute Gasteiger partial charge is 0.497 e. The molecule has 0 unspecified atom stereocenters. The molecule has 2 aromatic heterocycles. The van der Waals surface area contributed by atoms with Crippen molar-refractivity contribution in [2.45, 2.75) is 25.2 Å². The molecule has 1 aliphatic carbocycles. The summed E-state index contributed by atoms with van der Waals surface area (Å²) >= 11 is 0. The summed E-state index contributed by atoms with van der Waals surface area (Å²) < 4.78 is 10.5. The summed E-state index contributed by atoms with van der Waals surface area (Å²) in [6.45, 7) is 0. The molecule has 6 heteroatoms. The summed E-state index contributed by atoms with van der Waals surface area (Å²) in [5.41, 5.74) is 2.99. The highest BCUT2D eigenvalue weighted by atomic mass is 16.5. The van der Waals surface area contributed by atoms with E-state index >= 15 is 0 Å². The zero-order valence-corrected chi connectivity index (χ0v) is 13.3. The van der Waals surface area contributed by atoms with Gasteiger partial charge in [-0.2, -0.15) is 0 Å². The number of ether oxygens (including phenoxy) is 1. The summed E-state index contributed by atoms with van der Waals surface area (Å²) in [7, 11) is 1.60. The van der Waals surface area contributed by atoms with Gasteiger partial charge in [0.05, 0.1) is 24.9 Å². The van der Waals surface area contributed by atoms with Crippen LogP contribution in [-0.2, 0) is 11.2 Å². The Labute approximate surface area is 138 Å². The summed E-state index contributed by atoms with van der Waals surface area (Å²) in [5, 5.41) is 7.75. The first-order valence-electron chi connectivity index (χ1n) is 7.91. The van der Waals surface area contributed by atoms with E-state index in [9.17, 15) is 4.79 Å². The van der Waals surface area contributed by atoms with Gasteiger partial charge in [0.2, 0.25) is 5.91 Å². The van der Waals surface area contributed by atoms with Crippen LogP contribution in [-0.4, -0.2) is 23.2 Å². The number of anilines is 1. The van der Waals surface area contributed by atoms with Crippen LogP contribution >= 0.6 is 0 Å². The van der Waals surface area contributed by atoms with Crippen molar-refractivity contribution in [2.24, 2.45) is 0 Å². The van der Waals surface area contributed by atoms with Gasteiger partial charge in [-0.25, -0.2) is 0 Å². The van der Waals surface area contributed by atoms with Crippen LogP contribution in [0, 0.1) is 0 Å². The Kier molecular flexibility index (Phi) is 3.65. The Morgan fingerprint density at radius 2 is 2.25 bits per heavy atom. The molecule has 3 aromatic rings. The average Bonchev–Trinajstić information content (AvgIpc) is 3.37. The summed E-state index contributed by atoms with van der Waals surface area (Å²) in [6, 6.07) is 9.14. The highest BCUT2D eigenvalue weighted by molar-refractivity contribution is 5.95. The van der Waals surface area contributed by atoms with Crippen LogP contribution in [0.15, 0.2) is 41.1 Å². The van der Waals surface area contributed by atoms with Gasteiger partial charge < -0.3 is 14.6 Å². The van der Waals surface area contributed by atoms with Crippen molar-refractivity contribution >= 4 is 22.6 Å². The van der Waals surface area contributed by atoms with Crippen molar-refractivity contribution in [2.75, 3.05) is 12.4 Å². The molecule has 1 amide bonds. The van der Waals surface area contributed by atoms with Gasteiger partial charge in [0.15, 0.2) is 5.58 Å². The van der Waals surface area contributed by atoms with Gasteiger partial charge in [-0.1, -0.05) is 5.16 Å². The monoisotopic (exact) mass is 323 g/mol. The molecule has 6 nitrogen and oxygen atoms in total. The van der Waals surface area contributed by atoms with Crippen molar-refractivity contribution in [3.05, 3.63) is 47.9 Å². The lowest BCUT2D eigenvalue weighted by Crippen LogP contribution is -2.16. The van der Waals surface area contributed by atoms with Crippen LogP contribution < -0.4 is 10.1 Å². The third kappa shape index (κ3) is 2.82. The lowest BCUT2D eigenvalue weighted by atomic mass is 10.1. The molecule has 1 fully saturated rings. The fourth-order valence-corrected chi connectivity index (χ4v) is 2.77. The van der Waals surface area contributed by atoms with E-state index in [0.29, 0.717) is 22.9 Å². The van der Waals surface area contributed by atoms with Crippen LogP contribution in [0.2, 0.25) is 0 Å². The molecule has 0 radical (unpaired) electrons. The minimum absolute atomic E-state index is 0.136. The van der Waals surface area contributed by atoms with Crippen LogP contribution in [0.25, 0.3) is 11.0 Å². The Morgan fingerprint density at radius 1 is 1.38 bits per heavy atom. The molecular weight excluding hydrogens is 306 g/mol. The number of fused-ring (bicyclic) bond motifs is 1. The average molecular weight is 323 g/mol. The van der Waals surface area contributed by atoms with Gasteiger partial charge in [-0.05, 0) is 43.2 Å². The van der Waals surface area contributed by atoms with Crippen molar-refractivity contribution in [1.82, 2.24) is 10.1 Å². The fraction of sp³-hybridized carbons (Fsp3) is 0.278. The molecule has 24 heavy (non-hydrogen) atoms. The first-order chi connectivity index (χ1) is 11.7. The number of nitrogens with zero attached hydrogens (tertiary/aromatic N) is 2. The number of pyridine rings is 1. The zero-order chi connectivity index (χ0) is 16.5. The van der Waals surface area contributed by atoms with E-state index in [2.05, 4.69) is 15.5 Å². The molecule has 0 spiro atoms. The molecule has 1 aromatic carbocycles. The van der Waals surface area contributed by atoms with E-state index in [1.807, 2.05) is 18.2 Å². The molecular formula is C18H17N3O3. The Morgan fingerprint density at radius 3 is 3.04 bits per heavy atom. The maximum Gasteiger partial charge on any atom is 0.230 e. The smallest absolute Gasteiger partial charge is 0.230 e. The molecule has 0 atom stereocenters. The standard InChI is InChI=1S/C18H17N3O3/c1-23-12-6-7-16-13(9-12)15(21-24-16)10-17(22)20-14-3-2-8-19-18(14)11-4-5-11/h2-3,6-9,11H,4-5,10H2,1H3,(H,20,22). The minimum atomic E-state index is -0.136. The van der Waals surface area contributed by atoms with Crippen molar-refractivity contribution in [1.29, 1.82) is 0 Å². The molecule has 1 saturated carbocycles. The first kappa shape index (κ1) is 14.7. The van der Waals surface area contributed by atoms with E-state index in [1.54, 1.807) is 25.4 Å². The highest BCUT2D eigenvalue weighted by Crippen LogP contribution is 2.42. The molecule has 0 bridgehead atoms. The number of carbonyl (C=O) groups is 1. The van der Waals surface area contributed by atoms with Crippen molar-refractivity contribution in [3.63, 3.8) is 0 Å². The quantitative estimate of drug-likeness (QED) is 0.779. The summed E-state index contributed by atoms with van der Waals surface area (Å²) in [6.07, 6.45) is 4.17. The summed E-state index contributed by atoms with van der Waals surface area (Å²) in [5.74, 6) is 1.04. The van der Waals surface area contributed by atoms with E-state index < -0.39 is 0 Å². The van der Waals surface area contributed by atoms with E-state index in [4.69, 9.17) is 9.26 Å². The summed E-state index contributed by atoms with van der Waals surface area (Å²) in [4.78, 5) is 16.8. The number of benzene rings is 1. The number of amides is 1. The molecule has 4 rings (SSSR count). The predicted molar refractivity (Wildman–Crippen MR) is 89.1 cm³/mol. The third-order valence-electron chi connectivity index (χ3n) is 4.16. The van der Waals surface area contributed by atoms with E-state index in [1.165, 1.54) is 0 Å². The number of methoxy groups -OCH3 is 1. The number of hydrogen-bond donors (Lipinski definition) is 1. The molecule has 2 heterocycles. The zero-order valence-electron chi connectivity index (χ0n) is 13.3. The Hall–Kier alpha value is -2.89. The van der Waals surface area contributed by atoms with Crippen LogP contribution in [0.3, 0.4) is 0 Å². The van der Waals surface area contributed by atoms with Crippen LogP contribution in [0.5, 0.6) is 5.75 Å². The van der Waals surface area contributed by atoms with E-state index in [0.717, 1.165) is 29.6 Å². The van der Waals surface area contributed by atoms with E-state index in [-0.39, 0.29) is 12.3 Å². The topological polar surface area (TPSA) is 77.2 Å². The van der Waals surface area contributed by atoms with Gasteiger partial charge in [0.25, 0.3) is 0 Å². The fourth-order valence-electron chi connectivity index (χ4n) is 2.77. The van der Waals surface area contributed by atoms with Gasteiger partial charge >= 0.3 is 0 Å². The predicted octanol–water partition coefficient (Wildman–Crippen LogP) is 3.29. The molecule has 1 aliphatic rings. The normalized spacial score (nSPS) is 13.9. The Balaban J connectivity index is 1.54. The van der Waals surface area contributed by atoms with Crippen molar-refractivity contribution < 1.29 is 14.1 Å². The molecule has 0 aliphatic heterocycles. The lowest BCUT2D eigenvalue weighted by Gasteiger charge is -2.08. The third-order valence-corrected chi connectivity index (χ3v) is 4.16. The lowest BCUT2D eigenvalue weighted by molar-refractivity contribution is -0.115. The second kappa shape index (κ2) is 5.96. The Bertz CT molecular complexity index is 899. The first-order valence-corrected chi connectivity index (χ1v) is 7.91. The number of aromatic nitrogens is 2. The number of hydrogen-bond acceptors (Lipinski definition) is 5. The number of carbonyl (C=O) groups excluding carboxylic acids is 1. The van der Waals surface area contributed by atoms with Gasteiger partial charge in [0.1, 0.15) is 11.4 Å². The van der Waals surface area contributed by atoms with Crippen molar-refractivity contribution in [3.8, 4) is 5.75 Å². The maximum absolute atomic E-state index is 12.4. The SMILES string of the molecule is COc1ccc2onc(CC(=O)Nc3cccnc3C3CC3)c2c1. The number of nitrogens with one attached hydrogen (secondary N) is 1. The maximum atomic E-state index is 12.4. The number of rotatable bonds is 5.